The Morgan fingerprint density at radius 1 is 0.950 bits per heavy atom. The van der Waals surface area contributed by atoms with Crippen LogP contribution in [0.25, 0.3) is 11.1 Å². The highest BCUT2D eigenvalue weighted by atomic mass is 16.4. The summed E-state index contributed by atoms with van der Waals surface area (Å²) in [5.74, 6) is -1.19. The summed E-state index contributed by atoms with van der Waals surface area (Å²) in [5, 5.41) is 18.0. The summed E-state index contributed by atoms with van der Waals surface area (Å²) in [6.07, 6.45) is -0.193. The Bertz CT molecular complexity index is 570. The van der Waals surface area contributed by atoms with Gasteiger partial charge in [0.25, 0.3) is 0 Å². The van der Waals surface area contributed by atoms with E-state index < -0.39 is 12.1 Å². The van der Waals surface area contributed by atoms with Gasteiger partial charge in [-0.2, -0.15) is 0 Å². The van der Waals surface area contributed by atoms with Gasteiger partial charge in [-0.15, -0.1) is 0 Å². The summed E-state index contributed by atoms with van der Waals surface area (Å²) in [5.41, 5.74) is 4.33. The third-order valence-electron chi connectivity index (χ3n) is 3.36. The van der Waals surface area contributed by atoms with Gasteiger partial charge >= 0.3 is 5.97 Å². The van der Waals surface area contributed by atoms with Crippen LogP contribution < -0.4 is 0 Å². The van der Waals surface area contributed by atoms with E-state index >= 15 is 0 Å². The topological polar surface area (TPSA) is 57.5 Å². The molecule has 0 saturated carbocycles. The minimum atomic E-state index is -1.34. The molecular weight excluding hydrogens is 252 g/mol. The predicted octanol–water partition coefficient (Wildman–Crippen LogP) is 2.90. The van der Waals surface area contributed by atoms with E-state index in [2.05, 4.69) is 31.2 Å². The van der Waals surface area contributed by atoms with Gasteiger partial charge in [0.05, 0.1) is 0 Å². The molecule has 1 atom stereocenters. The van der Waals surface area contributed by atoms with E-state index in [4.69, 9.17) is 5.11 Å². The molecule has 2 N–H and O–H groups in total. The number of aryl methyl sites for hydroxylation is 1. The van der Waals surface area contributed by atoms with Crippen LogP contribution in [0.4, 0.5) is 0 Å². The number of benzene rings is 2. The standard InChI is InChI=1S/C17H18O3/c1-2-12-3-7-14(8-4-12)15-9-5-13(6-10-15)11-16(18)17(19)20/h3-10,16,18H,2,11H2,1H3,(H,19,20)/t16-/m0/s1. The molecule has 0 spiro atoms. The Hall–Kier alpha value is -2.13. The molecule has 0 heterocycles. The molecule has 0 aliphatic carbocycles. The van der Waals surface area contributed by atoms with Crippen LogP contribution in [0.15, 0.2) is 48.5 Å². The molecule has 3 nitrogen and oxygen atoms in total. The van der Waals surface area contributed by atoms with Crippen molar-refractivity contribution in [3.8, 4) is 11.1 Å². The molecule has 0 radical (unpaired) electrons. The van der Waals surface area contributed by atoms with Crippen LogP contribution in [-0.4, -0.2) is 22.3 Å². The Morgan fingerprint density at radius 3 is 1.80 bits per heavy atom. The van der Waals surface area contributed by atoms with Crippen LogP contribution in [0.1, 0.15) is 18.1 Å². The van der Waals surface area contributed by atoms with E-state index in [1.165, 1.54) is 5.56 Å². The Kier molecular flexibility index (Phi) is 4.53. The summed E-state index contributed by atoms with van der Waals surface area (Å²) in [7, 11) is 0. The minimum absolute atomic E-state index is 0.129. The average Bonchev–Trinajstić information content (AvgIpc) is 2.48. The smallest absolute Gasteiger partial charge is 0.332 e. The number of aliphatic hydroxyl groups excluding tert-OH is 1. The molecule has 3 heteroatoms. The SMILES string of the molecule is CCc1ccc(-c2ccc(C[C@H](O)C(=O)O)cc2)cc1. The zero-order valence-corrected chi connectivity index (χ0v) is 11.4. The third-order valence-corrected chi connectivity index (χ3v) is 3.36. The van der Waals surface area contributed by atoms with Gasteiger partial charge in [-0.1, -0.05) is 55.5 Å². The summed E-state index contributed by atoms with van der Waals surface area (Å²) >= 11 is 0. The number of carbonyl (C=O) groups is 1. The number of rotatable bonds is 5. The van der Waals surface area contributed by atoms with Crippen molar-refractivity contribution in [3.05, 3.63) is 59.7 Å². The van der Waals surface area contributed by atoms with Crippen molar-refractivity contribution in [2.45, 2.75) is 25.9 Å². The first-order chi connectivity index (χ1) is 9.60. The Morgan fingerprint density at radius 2 is 1.40 bits per heavy atom. The van der Waals surface area contributed by atoms with Crippen molar-refractivity contribution < 1.29 is 15.0 Å². The fraction of sp³-hybridized carbons (Fsp3) is 0.235. The van der Waals surface area contributed by atoms with Crippen LogP contribution in [0, 0.1) is 0 Å². The fourth-order valence-electron chi connectivity index (χ4n) is 2.08. The first-order valence-corrected chi connectivity index (χ1v) is 6.69. The summed E-state index contributed by atoms with van der Waals surface area (Å²) in [4.78, 5) is 10.6. The highest BCUT2D eigenvalue weighted by Gasteiger charge is 2.13. The van der Waals surface area contributed by atoms with E-state index in [0.717, 1.165) is 23.1 Å². The summed E-state index contributed by atoms with van der Waals surface area (Å²) in [6, 6.07) is 16.0. The zero-order valence-electron chi connectivity index (χ0n) is 11.4. The molecule has 2 rings (SSSR count). The molecule has 0 aliphatic heterocycles. The number of aliphatic carboxylic acids is 1. The molecule has 0 amide bonds. The normalized spacial score (nSPS) is 12.1. The fourth-order valence-corrected chi connectivity index (χ4v) is 2.08. The van der Waals surface area contributed by atoms with Crippen LogP contribution in [-0.2, 0) is 17.6 Å². The largest absolute Gasteiger partial charge is 0.479 e. The third kappa shape index (κ3) is 3.45. The lowest BCUT2D eigenvalue weighted by atomic mass is 10.00. The van der Waals surface area contributed by atoms with Crippen molar-refractivity contribution in [3.63, 3.8) is 0 Å². The van der Waals surface area contributed by atoms with Gasteiger partial charge in [0.1, 0.15) is 0 Å². The number of carboxylic acids is 1. The second-order valence-corrected chi connectivity index (χ2v) is 4.81. The Balaban J connectivity index is 2.12. The molecule has 0 saturated heterocycles. The Labute approximate surface area is 118 Å². The number of hydrogen-bond acceptors (Lipinski definition) is 2. The number of carboxylic acid groups (broad SMARTS) is 1. The summed E-state index contributed by atoms with van der Waals surface area (Å²) < 4.78 is 0. The molecule has 2 aromatic carbocycles. The van der Waals surface area contributed by atoms with E-state index in [9.17, 15) is 9.90 Å². The first kappa shape index (κ1) is 14.3. The van der Waals surface area contributed by atoms with E-state index in [0.29, 0.717) is 0 Å². The van der Waals surface area contributed by atoms with Gasteiger partial charge in [0.15, 0.2) is 6.10 Å². The second kappa shape index (κ2) is 6.35. The van der Waals surface area contributed by atoms with Crippen molar-refractivity contribution >= 4 is 5.97 Å². The first-order valence-electron chi connectivity index (χ1n) is 6.69. The quantitative estimate of drug-likeness (QED) is 0.878. The van der Waals surface area contributed by atoms with Crippen LogP contribution >= 0.6 is 0 Å². The van der Waals surface area contributed by atoms with E-state index in [1.54, 1.807) is 0 Å². The van der Waals surface area contributed by atoms with Crippen LogP contribution in [0.2, 0.25) is 0 Å². The maximum atomic E-state index is 10.6. The van der Waals surface area contributed by atoms with Gasteiger partial charge in [-0.05, 0) is 28.7 Å². The van der Waals surface area contributed by atoms with Crippen LogP contribution in [0.5, 0.6) is 0 Å². The highest BCUT2D eigenvalue weighted by Crippen LogP contribution is 2.21. The lowest BCUT2D eigenvalue weighted by Gasteiger charge is -2.07. The van der Waals surface area contributed by atoms with E-state index in [-0.39, 0.29) is 6.42 Å². The van der Waals surface area contributed by atoms with Gasteiger partial charge in [0.2, 0.25) is 0 Å². The molecule has 0 bridgehead atoms. The zero-order chi connectivity index (χ0) is 14.5. The van der Waals surface area contributed by atoms with Crippen molar-refractivity contribution in [1.82, 2.24) is 0 Å². The van der Waals surface area contributed by atoms with Crippen molar-refractivity contribution in [2.24, 2.45) is 0 Å². The van der Waals surface area contributed by atoms with Gasteiger partial charge in [-0.3, -0.25) is 0 Å². The predicted molar refractivity (Wildman–Crippen MR) is 78.6 cm³/mol. The molecule has 20 heavy (non-hydrogen) atoms. The minimum Gasteiger partial charge on any atom is -0.479 e. The average molecular weight is 270 g/mol. The van der Waals surface area contributed by atoms with Gasteiger partial charge in [0, 0.05) is 6.42 Å². The second-order valence-electron chi connectivity index (χ2n) is 4.81. The highest BCUT2D eigenvalue weighted by molar-refractivity contribution is 5.72. The molecule has 104 valence electrons. The molecule has 0 unspecified atom stereocenters. The molecular formula is C17H18O3. The monoisotopic (exact) mass is 270 g/mol. The molecule has 2 aromatic rings. The van der Waals surface area contributed by atoms with E-state index in [1.807, 2.05) is 24.3 Å². The maximum Gasteiger partial charge on any atom is 0.332 e. The molecule has 0 fully saturated rings. The number of aliphatic hydroxyl groups is 1. The molecule has 0 aliphatic rings. The van der Waals surface area contributed by atoms with Crippen LogP contribution in [0.3, 0.4) is 0 Å². The lowest BCUT2D eigenvalue weighted by molar-refractivity contribution is -0.146. The number of hydrogen-bond donors (Lipinski definition) is 2. The van der Waals surface area contributed by atoms with Crippen molar-refractivity contribution in [1.29, 1.82) is 0 Å². The van der Waals surface area contributed by atoms with Crippen molar-refractivity contribution in [2.75, 3.05) is 0 Å². The van der Waals surface area contributed by atoms with Gasteiger partial charge < -0.3 is 10.2 Å². The van der Waals surface area contributed by atoms with Gasteiger partial charge in [-0.25, -0.2) is 4.79 Å². The lowest BCUT2D eigenvalue weighted by Crippen LogP contribution is -2.21. The molecule has 0 aromatic heterocycles. The summed E-state index contributed by atoms with van der Waals surface area (Å²) in [6.45, 7) is 2.12. The maximum absolute atomic E-state index is 10.6.